The van der Waals surface area contributed by atoms with E-state index in [0.29, 0.717) is 24.7 Å². The Morgan fingerprint density at radius 3 is 2.86 bits per heavy atom. The fourth-order valence-electron chi connectivity index (χ4n) is 3.40. The third-order valence-corrected chi connectivity index (χ3v) is 5.98. The number of carbonyl (C=O) groups excluding carboxylic acids is 1. The molecule has 2 aromatic heterocycles. The van der Waals surface area contributed by atoms with E-state index in [4.69, 9.17) is 11.6 Å². The summed E-state index contributed by atoms with van der Waals surface area (Å²) in [6.45, 7) is 3.68. The lowest BCUT2D eigenvalue weighted by atomic mass is 10.1. The van der Waals surface area contributed by atoms with E-state index in [1.165, 1.54) is 18.2 Å². The molecule has 0 unspecified atom stereocenters. The minimum absolute atomic E-state index is 0.00507. The SMILES string of the molecule is C[C@@H]1c2nnc(-c3csc(CN(C)C)n3)n2CCN1C(=O)c1ccc(Cl)c(F)c1. The lowest BCUT2D eigenvalue weighted by Crippen LogP contribution is -2.41. The van der Waals surface area contributed by atoms with Gasteiger partial charge >= 0.3 is 0 Å². The van der Waals surface area contributed by atoms with E-state index in [2.05, 4.69) is 20.1 Å². The molecule has 0 saturated carbocycles. The second-order valence-electron chi connectivity index (χ2n) is 7.20. The normalized spacial score (nSPS) is 16.3. The van der Waals surface area contributed by atoms with E-state index >= 15 is 0 Å². The standard InChI is InChI=1S/C19H20ClFN6OS/c1-11-17-23-24-18(15-10-29-16(22-15)9-25(2)3)27(17)7-6-26(11)19(28)12-4-5-13(20)14(21)8-12/h4-5,8,10-11H,6-7,9H2,1-3H3/t11-/m1/s1. The Morgan fingerprint density at radius 2 is 2.14 bits per heavy atom. The van der Waals surface area contributed by atoms with Gasteiger partial charge in [-0.05, 0) is 39.2 Å². The molecule has 152 valence electrons. The average Bonchev–Trinajstić information content (AvgIpc) is 3.30. The fourth-order valence-corrected chi connectivity index (χ4v) is 4.41. The molecule has 0 aliphatic carbocycles. The molecule has 1 atom stereocenters. The molecule has 1 aliphatic rings. The van der Waals surface area contributed by atoms with E-state index in [1.54, 1.807) is 16.2 Å². The van der Waals surface area contributed by atoms with Gasteiger partial charge in [0.15, 0.2) is 11.6 Å². The van der Waals surface area contributed by atoms with Crippen molar-refractivity contribution in [3.05, 3.63) is 50.8 Å². The minimum Gasteiger partial charge on any atom is -0.327 e. The van der Waals surface area contributed by atoms with Crippen molar-refractivity contribution < 1.29 is 9.18 Å². The first kappa shape index (κ1) is 19.9. The fraction of sp³-hybridized carbons (Fsp3) is 0.368. The summed E-state index contributed by atoms with van der Waals surface area (Å²) in [7, 11) is 4.00. The van der Waals surface area contributed by atoms with Crippen LogP contribution in [0.25, 0.3) is 11.5 Å². The van der Waals surface area contributed by atoms with Gasteiger partial charge in [-0.15, -0.1) is 21.5 Å². The van der Waals surface area contributed by atoms with Gasteiger partial charge in [-0.2, -0.15) is 0 Å². The molecule has 3 aromatic rings. The van der Waals surface area contributed by atoms with Gasteiger partial charge in [-0.1, -0.05) is 11.6 Å². The molecular formula is C19H20ClFN6OS. The lowest BCUT2D eigenvalue weighted by Gasteiger charge is -2.33. The number of thiazole rings is 1. The van der Waals surface area contributed by atoms with Gasteiger partial charge in [0.1, 0.15) is 16.5 Å². The second kappa shape index (κ2) is 7.81. The predicted octanol–water partition coefficient (Wildman–Crippen LogP) is 3.47. The van der Waals surface area contributed by atoms with Gasteiger partial charge in [-0.25, -0.2) is 9.37 Å². The highest BCUT2D eigenvalue weighted by molar-refractivity contribution is 7.09. The van der Waals surface area contributed by atoms with Crippen molar-refractivity contribution in [2.45, 2.75) is 26.1 Å². The average molecular weight is 435 g/mol. The van der Waals surface area contributed by atoms with Crippen molar-refractivity contribution in [1.82, 2.24) is 29.5 Å². The monoisotopic (exact) mass is 434 g/mol. The zero-order valence-corrected chi connectivity index (χ0v) is 17.8. The van der Waals surface area contributed by atoms with Crippen LogP contribution in [0.15, 0.2) is 23.6 Å². The highest BCUT2D eigenvalue weighted by Crippen LogP contribution is 2.30. The summed E-state index contributed by atoms with van der Waals surface area (Å²) in [5.41, 5.74) is 1.05. The van der Waals surface area contributed by atoms with E-state index in [9.17, 15) is 9.18 Å². The number of halogens is 2. The highest BCUT2D eigenvalue weighted by Gasteiger charge is 2.32. The molecule has 0 saturated heterocycles. The molecule has 0 fully saturated rings. The van der Waals surface area contributed by atoms with Crippen molar-refractivity contribution >= 4 is 28.8 Å². The van der Waals surface area contributed by atoms with Gasteiger partial charge in [0.05, 0.1) is 11.1 Å². The molecule has 10 heteroatoms. The lowest BCUT2D eigenvalue weighted by molar-refractivity contribution is 0.0638. The summed E-state index contributed by atoms with van der Waals surface area (Å²) in [4.78, 5) is 21.3. The summed E-state index contributed by atoms with van der Waals surface area (Å²) in [6.07, 6.45) is 0. The largest absolute Gasteiger partial charge is 0.327 e. The first-order chi connectivity index (χ1) is 13.8. The Balaban J connectivity index is 1.59. The van der Waals surface area contributed by atoms with Crippen LogP contribution >= 0.6 is 22.9 Å². The van der Waals surface area contributed by atoms with Gasteiger partial charge in [0.2, 0.25) is 0 Å². The Bertz CT molecular complexity index is 1060. The zero-order valence-electron chi connectivity index (χ0n) is 16.3. The van der Waals surface area contributed by atoms with Gasteiger partial charge in [-0.3, -0.25) is 4.79 Å². The molecule has 0 radical (unpaired) electrons. The number of nitrogens with zero attached hydrogens (tertiary/aromatic N) is 6. The maximum absolute atomic E-state index is 13.8. The van der Waals surface area contributed by atoms with Crippen LogP contribution < -0.4 is 0 Å². The quantitative estimate of drug-likeness (QED) is 0.629. The summed E-state index contributed by atoms with van der Waals surface area (Å²) >= 11 is 7.32. The highest BCUT2D eigenvalue weighted by atomic mass is 35.5. The van der Waals surface area contributed by atoms with Crippen LogP contribution in [-0.2, 0) is 13.1 Å². The Hall–Kier alpha value is -2.36. The van der Waals surface area contributed by atoms with E-state index in [-0.39, 0.29) is 22.5 Å². The van der Waals surface area contributed by atoms with E-state index < -0.39 is 5.82 Å². The van der Waals surface area contributed by atoms with Crippen LogP contribution in [0, 0.1) is 5.82 Å². The van der Waals surface area contributed by atoms with Crippen LogP contribution in [0.5, 0.6) is 0 Å². The van der Waals surface area contributed by atoms with Crippen molar-refractivity contribution in [3.8, 4) is 11.5 Å². The summed E-state index contributed by atoms with van der Waals surface area (Å²) in [5.74, 6) is 0.532. The van der Waals surface area contributed by atoms with Gasteiger partial charge < -0.3 is 14.4 Å². The van der Waals surface area contributed by atoms with Gasteiger partial charge in [0, 0.05) is 30.6 Å². The number of carbonyl (C=O) groups is 1. The molecular weight excluding hydrogens is 415 g/mol. The Labute approximate surface area is 176 Å². The second-order valence-corrected chi connectivity index (χ2v) is 8.55. The van der Waals surface area contributed by atoms with Crippen LogP contribution in [-0.4, -0.2) is 56.1 Å². The number of hydrogen-bond donors (Lipinski definition) is 0. The molecule has 7 nitrogen and oxygen atoms in total. The van der Waals surface area contributed by atoms with E-state index in [0.717, 1.165) is 17.2 Å². The van der Waals surface area contributed by atoms with Crippen LogP contribution in [0.4, 0.5) is 4.39 Å². The van der Waals surface area contributed by atoms with Crippen LogP contribution in [0.1, 0.15) is 34.2 Å². The number of aromatic nitrogens is 4. The molecule has 1 aromatic carbocycles. The molecule has 1 amide bonds. The molecule has 1 aliphatic heterocycles. The maximum Gasteiger partial charge on any atom is 0.254 e. The van der Waals surface area contributed by atoms with Crippen LogP contribution in [0.2, 0.25) is 5.02 Å². The maximum atomic E-state index is 13.8. The number of hydrogen-bond acceptors (Lipinski definition) is 6. The number of fused-ring (bicyclic) bond motifs is 1. The topological polar surface area (TPSA) is 67.2 Å². The third-order valence-electron chi connectivity index (χ3n) is 4.84. The van der Waals surface area contributed by atoms with Crippen molar-refractivity contribution in [3.63, 3.8) is 0 Å². The van der Waals surface area contributed by atoms with Gasteiger partial charge in [0.25, 0.3) is 5.91 Å². The molecule has 0 N–H and O–H groups in total. The van der Waals surface area contributed by atoms with Crippen molar-refractivity contribution in [2.75, 3.05) is 20.6 Å². The summed E-state index contributed by atoms with van der Waals surface area (Å²) in [6, 6.07) is 3.81. The predicted molar refractivity (Wildman–Crippen MR) is 109 cm³/mol. The molecule has 0 bridgehead atoms. The summed E-state index contributed by atoms with van der Waals surface area (Å²) in [5, 5.41) is 11.6. The van der Waals surface area contributed by atoms with E-state index in [1.807, 2.05) is 31.0 Å². The first-order valence-corrected chi connectivity index (χ1v) is 10.4. The zero-order chi connectivity index (χ0) is 20.7. The molecule has 4 rings (SSSR count). The molecule has 29 heavy (non-hydrogen) atoms. The van der Waals surface area contributed by atoms with Crippen LogP contribution in [0.3, 0.4) is 0 Å². The number of benzene rings is 1. The number of amides is 1. The van der Waals surface area contributed by atoms with Crippen molar-refractivity contribution in [1.29, 1.82) is 0 Å². The third kappa shape index (κ3) is 3.77. The Kier molecular flexibility index (Phi) is 5.37. The molecule has 0 spiro atoms. The van der Waals surface area contributed by atoms with Crippen molar-refractivity contribution in [2.24, 2.45) is 0 Å². The molecule has 3 heterocycles. The smallest absolute Gasteiger partial charge is 0.254 e. The number of rotatable bonds is 4. The minimum atomic E-state index is -0.607. The first-order valence-electron chi connectivity index (χ1n) is 9.13. The summed E-state index contributed by atoms with van der Waals surface area (Å²) < 4.78 is 15.8. The Morgan fingerprint density at radius 1 is 1.34 bits per heavy atom.